The van der Waals surface area contributed by atoms with Crippen molar-refractivity contribution in [3.05, 3.63) is 80.7 Å². The predicted molar refractivity (Wildman–Crippen MR) is 123 cm³/mol. The molecule has 4 rings (SSSR count). The summed E-state index contributed by atoms with van der Waals surface area (Å²) >= 11 is 5.03. The fourth-order valence-corrected chi connectivity index (χ4v) is 4.48. The van der Waals surface area contributed by atoms with E-state index in [1.165, 1.54) is 4.58 Å². The lowest BCUT2D eigenvalue weighted by Gasteiger charge is -2.22. The molecule has 8 heteroatoms. The molecular weight excluding hydrogens is 480 g/mol. The quantitative estimate of drug-likeness (QED) is 0.486. The number of halogens is 1. The summed E-state index contributed by atoms with van der Waals surface area (Å²) in [5.41, 5.74) is 1.42. The largest absolute Gasteiger partial charge is 0.496 e. The standard InChI is InChI=1S/C23H19BrN2O4S/c1-29-19-9-8-15(11-17(19)24)12-21-23(28)26(18-6-2-3-7-20(18)30-21)14-22(27)25-13-16-5-4-10-31-16/h2-12,20H,13-14H2,1H3/p+1/b21-12-. The third-order valence-electron chi connectivity index (χ3n) is 4.79. The molecule has 1 aliphatic heterocycles. The van der Waals surface area contributed by atoms with Gasteiger partial charge in [-0.25, -0.2) is 4.79 Å². The van der Waals surface area contributed by atoms with Crippen molar-refractivity contribution in [2.45, 2.75) is 12.6 Å². The van der Waals surface area contributed by atoms with Crippen LogP contribution in [0.3, 0.4) is 0 Å². The molecule has 2 amide bonds. The Hall–Kier alpha value is -2.97. The first-order valence-electron chi connectivity index (χ1n) is 9.59. The summed E-state index contributed by atoms with van der Waals surface area (Å²) in [5.74, 6) is 0.281. The van der Waals surface area contributed by atoms with Gasteiger partial charge in [0.1, 0.15) is 5.75 Å². The van der Waals surface area contributed by atoms with E-state index in [1.54, 1.807) is 36.7 Å². The Morgan fingerprint density at radius 3 is 2.97 bits per heavy atom. The van der Waals surface area contributed by atoms with Crippen molar-refractivity contribution in [2.75, 3.05) is 13.7 Å². The van der Waals surface area contributed by atoms with Crippen LogP contribution in [0.2, 0.25) is 0 Å². The van der Waals surface area contributed by atoms with Crippen LogP contribution in [0, 0.1) is 0 Å². The summed E-state index contributed by atoms with van der Waals surface area (Å²) in [6, 6.07) is 9.38. The maximum atomic E-state index is 13.2. The normalized spacial score (nSPS) is 18.7. The van der Waals surface area contributed by atoms with E-state index in [4.69, 9.17) is 9.47 Å². The van der Waals surface area contributed by atoms with Crippen molar-refractivity contribution in [2.24, 2.45) is 0 Å². The van der Waals surface area contributed by atoms with Gasteiger partial charge < -0.3 is 14.8 Å². The molecule has 158 valence electrons. The van der Waals surface area contributed by atoms with Crippen molar-refractivity contribution in [1.29, 1.82) is 0 Å². The topological polar surface area (TPSA) is 67.6 Å². The first-order valence-corrected chi connectivity index (χ1v) is 11.3. The Kier molecular flexibility index (Phi) is 6.48. The molecule has 1 N–H and O–H groups in total. The molecule has 0 saturated heterocycles. The number of benzene rings is 1. The first kappa shape index (κ1) is 21.3. The number of allylic oxidation sites excluding steroid dienone is 2. The van der Waals surface area contributed by atoms with Crippen LogP contribution in [0.15, 0.2) is 70.2 Å². The molecule has 0 fully saturated rings. The van der Waals surface area contributed by atoms with Crippen molar-refractivity contribution < 1.29 is 23.6 Å². The molecule has 2 aromatic rings. The van der Waals surface area contributed by atoms with Crippen molar-refractivity contribution >= 4 is 50.9 Å². The van der Waals surface area contributed by atoms with Gasteiger partial charge in [0.05, 0.1) is 18.1 Å². The van der Waals surface area contributed by atoms with Gasteiger partial charge in [-0.05, 0) is 57.2 Å². The molecule has 2 aliphatic rings. The van der Waals surface area contributed by atoms with E-state index in [0.29, 0.717) is 18.0 Å². The highest BCUT2D eigenvalue weighted by Crippen LogP contribution is 2.27. The fourth-order valence-electron chi connectivity index (χ4n) is 3.27. The van der Waals surface area contributed by atoms with Gasteiger partial charge in [-0.15, -0.1) is 15.9 Å². The number of ether oxygens (including phenoxy) is 2. The zero-order valence-electron chi connectivity index (χ0n) is 16.7. The Bertz CT molecular complexity index is 1130. The molecule has 0 spiro atoms. The third-order valence-corrected chi connectivity index (χ3v) is 6.29. The minimum absolute atomic E-state index is 0.0821. The molecule has 1 aromatic heterocycles. The van der Waals surface area contributed by atoms with Crippen LogP contribution in [0.25, 0.3) is 6.08 Å². The number of carbonyl (C=O) groups excluding carboxylic acids is 2. The number of carbonyl (C=O) groups is 2. The minimum atomic E-state index is -0.430. The summed E-state index contributed by atoms with van der Waals surface area (Å²) < 4.78 is 13.4. The molecule has 1 aromatic carbocycles. The predicted octanol–water partition coefficient (Wildman–Crippen LogP) is 3.68. The van der Waals surface area contributed by atoms with Gasteiger partial charge in [-0.3, -0.25) is 4.79 Å². The highest BCUT2D eigenvalue weighted by Gasteiger charge is 2.40. The number of nitrogens with zero attached hydrogens (tertiary/aromatic N) is 1. The lowest BCUT2D eigenvalue weighted by atomic mass is 10.1. The van der Waals surface area contributed by atoms with Gasteiger partial charge in [-0.2, -0.15) is 0 Å². The number of amides is 2. The van der Waals surface area contributed by atoms with E-state index in [-0.39, 0.29) is 24.1 Å². The Labute approximate surface area is 192 Å². The molecular formula is C23H20BrN2O4S+. The maximum Gasteiger partial charge on any atom is 0.455 e. The molecule has 1 atom stereocenters. The summed E-state index contributed by atoms with van der Waals surface area (Å²) in [7, 11) is 1.59. The number of fused-ring (bicyclic) bond motifs is 1. The molecule has 0 radical (unpaired) electrons. The van der Waals surface area contributed by atoms with E-state index < -0.39 is 6.10 Å². The lowest BCUT2D eigenvalue weighted by molar-refractivity contribution is -0.443. The summed E-state index contributed by atoms with van der Waals surface area (Å²) in [4.78, 5) is 26.8. The van der Waals surface area contributed by atoms with Gasteiger partial charge in [0, 0.05) is 11.0 Å². The van der Waals surface area contributed by atoms with Crippen LogP contribution in [-0.2, 0) is 20.9 Å². The van der Waals surface area contributed by atoms with Gasteiger partial charge in [0.15, 0.2) is 0 Å². The minimum Gasteiger partial charge on any atom is -0.496 e. The summed E-state index contributed by atoms with van der Waals surface area (Å²) in [6.07, 6.45) is 8.59. The van der Waals surface area contributed by atoms with Gasteiger partial charge in [0.25, 0.3) is 5.91 Å². The summed E-state index contributed by atoms with van der Waals surface area (Å²) in [5, 5.41) is 4.83. The van der Waals surface area contributed by atoms with E-state index in [1.807, 2.05) is 47.9 Å². The summed E-state index contributed by atoms with van der Waals surface area (Å²) in [6.45, 7) is 0.354. The number of hydrogen-bond acceptors (Lipinski definition) is 5. The molecule has 31 heavy (non-hydrogen) atoms. The van der Waals surface area contributed by atoms with Crippen LogP contribution in [-0.4, -0.2) is 41.9 Å². The third kappa shape index (κ3) is 4.86. The van der Waals surface area contributed by atoms with Gasteiger partial charge >= 0.3 is 5.91 Å². The van der Waals surface area contributed by atoms with Crippen LogP contribution >= 0.6 is 27.3 Å². The van der Waals surface area contributed by atoms with Crippen LogP contribution in [0.5, 0.6) is 5.75 Å². The highest BCUT2D eigenvalue weighted by atomic mass is 79.9. The molecule has 1 aliphatic carbocycles. The second-order valence-corrected chi connectivity index (χ2v) is 8.74. The average molecular weight is 500 g/mol. The first-order chi connectivity index (χ1) is 15.0. The monoisotopic (exact) mass is 499 g/mol. The molecule has 0 saturated carbocycles. The van der Waals surface area contributed by atoms with Crippen molar-refractivity contribution in [3.63, 3.8) is 0 Å². The second kappa shape index (κ2) is 9.45. The Balaban J connectivity index is 1.58. The van der Waals surface area contributed by atoms with Gasteiger partial charge in [-0.1, -0.05) is 24.3 Å². The number of hydrogen-bond donors (Lipinski definition) is 1. The molecule has 2 heterocycles. The van der Waals surface area contributed by atoms with Gasteiger partial charge in [0.2, 0.25) is 24.1 Å². The Morgan fingerprint density at radius 2 is 2.23 bits per heavy atom. The highest BCUT2D eigenvalue weighted by molar-refractivity contribution is 9.10. The average Bonchev–Trinajstić information content (AvgIpc) is 3.29. The number of methoxy groups -OCH3 is 1. The zero-order chi connectivity index (χ0) is 21.8. The number of rotatable bonds is 6. The Morgan fingerprint density at radius 1 is 1.35 bits per heavy atom. The SMILES string of the molecule is COc1ccc(/C=C2\OC3C=CC=CC3=[N+](CC(=O)NCc3cccs3)C2=O)cc1Br. The second-order valence-electron chi connectivity index (χ2n) is 6.86. The lowest BCUT2D eigenvalue weighted by Crippen LogP contribution is -2.46. The molecule has 6 nitrogen and oxygen atoms in total. The maximum absolute atomic E-state index is 13.2. The van der Waals surface area contributed by atoms with E-state index in [2.05, 4.69) is 21.2 Å². The van der Waals surface area contributed by atoms with Crippen LogP contribution in [0.4, 0.5) is 0 Å². The van der Waals surface area contributed by atoms with E-state index in [0.717, 1.165) is 14.9 Å². The molecule has 1 unspecified atom stereocenters. The smallest absolute Gasteiger partial charge is 0.455 e. The van der Waals surface area contributed by atoms with E-state index >= 15 is 0 Å². The zero-order valence-corrected chi connectivity index (χ0v) is 19.1. The number of nitrogens with one attached hydrogen (secondary N) is 1. The fraction of sp³-hybridized carbons (Fsp3) is 0.174. The number of thiophene rings is 1. The van der Waals surface area contributed by atoms with Crippen LogP contribution < -0.4 is 10.1 Å². The van der Waals surface area contributed by atoms with Crippen molar-refractivity contribution in [3.8, 4) is 5.75 Å². The van der Waals surface area contributed by atoms with Crippen LogP contribution in [0.1, 0.15) is 10.4 Å². The molecule has 0 bridgehead atoms. The van der Waals surface area contributed by atoms with Crippen molar-refractivity contribution in [1.82, 2.24) is 5.32 Å². The van der Waals surface area contributed by atoms with E-state index in [9.17, 15) is 9.59 Å².